The highest BCUT2D eigenvalue weighted by atomic mass is 32.1. The van der Waals surface area contributed by atoms with Gasteiger partial charge in [0.15, 0.2) is 0 Å². The van der Waals surface area contributed by atoms with Crippen LogP contribution in [0.15, 0.2) is 48.5 Å². The first-order valence-corrected chi connectivity index (χ1v) is 10.6. The van der Waals surface area contributed by atoms with Gasteiger partial charge in [0.25, 0.3) is 5.17 Å². The van der Waals surface area contributed by atoms with Gasteiger partial charge >= 0.3 is 12.1 Å². The van der Waals surface area contributed by atoms with Crippen molar-refractivity contribution in [2.45, 2.75) is 12.6 Å². The first-order chi connectivity index (χ1) is 15.5. The van der Waals surface area contributed by atoms with Crippen LogP contribution in [-0.2, 0) is 16.0 Å². The molecule has 4 rings (SSSR count). The number of thiocarbonyl (C=S) groups is 1. The molecule has 2 aromatic rings. The van der Waals surface area contributed by atoms with Crippen molar-refractivity contribution in [2.75, 3.05) is 43.1 Å². The summed E-state index contributed by atoms with van der Waals surface area (Å²) < 4.78 is 25.1. The van der Waals surface area contributed by atoms with Crippen molar-refractivity contribution in [3.63, 3.8) is 0 Å². The number of urea groups is 1. The highest BCUT2D eigenvalue weighted by molar-refractivity contribution is 7.80. The molecule has 0 saturated carbocycles. The molecule has 2 fully saturated rings. The number of ether oxygens (including phenoxy) is 2. The number of nitrogens with one attached hydrogen (secondary N) is 1. The number of anilines is 2. The van der Waals surface area contributed by atoms with Crippen molar-refractivity contribution < 1.29 is 23.5 Å². The van der Waals surface area contributed by atoms with Gasteiger partial charge in [0.05, 0.1) is 31.6 Å². The zero-order valence-corrected chi connectivity index (χ0v) is 18.3. The van der Waals surface area contributed by atoms with E-state index < -0.39 is 18.0 Å². The van der Waals surface area contributed by atoms with Gasteiger partial charge in [0.2, 0.25) is 0 Å². The third-order valence-electron chi connectivity index (χ3n) is 5.38. The maximum atomic E-state index is 15.0. The van der Waals surface area contributed by atoms with Gasteiger partial charge in [0.1, 0.15) is 11.9 Å². The van der Waals surface area contributed by atoms with E-state index in [0.717, 1.165) is 5.56 Å². The fraction of sp³-hybridized carbons (Fsp3) is 0.318. The molecule has 0 bridgehead atoms. The molecule has 0 aliphatic carbocycles. The third-order valence-corrected chi connectivity index (χ3v) is 5.69. The summed E-state index contributed by atoms with van der Waals surface area (Å²) in [6.45, 7) is 1.89. The first-order valence-electron chi connectivity index (χ1n) is 10.2. The summed E-state index contributed by atoms with van der Waals surface area (Å²) in [7, 11) is 1.44. The zero-order valence-electron chi connectivity index (χ0n) is 17.5. The summed E-state index contributed by atoms with van der Waals surface area (Å²) in [5.41, 5.74) is 1.56. The number of carbonyl (C=O) groups excluding carboxylic acids is 2. The second-order valence-corrected chi connectivity index (χ2v) is 7.84. The Morgan fingerprint density at radius 2 is 1.97 bits per heavy atom. The number of hydrogen-bond donors (Lipinski definition) is 1. The maximum absolute atomic E-state index is 15.0. The SMILES string of the molecule is COC(=S)NC[C@H]1CN(c2ccc(N3CCN(Cc4ccccc4)C3=O)c(F)c2)C(=O)O1. The molecule has 8 nitrogen and oxygen atoms in total. The molecule has 0 spiro atoms. The molecular formula is C22H23FN4O4S. The summed E-state index contributed by atoms with van der Waals surface area (Å²) in [5.74, 6) is -0.577. The van der Waals surface area contributed by atoms with Crippen molar-refractivity contribution >= 4 is 40.9 Å². The summed E-state index contributed by atoms with van der Waals surface area (Å²) in [6.07, 6.45) is -1.02. The lowest BCUT2D eigenvalue weighted by Crippen LogP contribution is -2.34. The average molecular weight is 459 g/mol. The third kappa shape index (κ3) is 4.59. The van der Waals surface area contributed by atoms with Crippen LogP contribution in [0.25, 0.3) is 0 Å². The molecule has 2 saturated heterocycles. The van der Waals surface area contributed by atoms with Gasteiger partial charge in [-0.1, -0.05) is 30.3 Å². The molecule has 0 unspecified atom stereocenters. The quantitative estimate of drug-likeness (QED) is 0.671. The molecule has 1 atom stereocenters. The number of rotatable bonds is 6. The van der Waals surface area contributed by atoms with Crippen molar-refractivity contribution in [3.05, 3.63) is 59.9 Å². The molecule has 2 aliphatic rings. The lowest BCUT2D eigenvalue weighted by atomic mass is 10.2. The van der Waals surface area contributed by atoms with Crippen molar-refractivity contribution in [1.82, 2.24) is 10.2 Å². The van der Waals surface area contributed by atoms with E-state index in [1.54, 1.807) is 11.0 Å². The van der Waals surface area contributed by atoms with Crippen LogP contribution in [0.4, 0.5) is 25.4 Å². The van der Waals surface area contributed by atoms with Gasteiger partial charge < -0.3 is 19.7 Å². The molecule has 3 amide bonds. The van der Waals surface area contributed by atoms with E-state index >= 15 is 0 Å². The number of benzene rings is 2. The molecule has 1 N–H and O–H groups in total. The predicted molar refractivity (Wildman–Crippen MR) is 121 cm³/mol. The molecule has 32 heavy (non-hydrogen) atoms. The van der Waals surface area contributed by atoms with Crippen LogP contribution in [0.3, 0.4) is 0 Å². The number of carbonyl (C=O) groups is 2. The van der Waals surface area contributed by atoms with E-state index in [1.807, 2.05) is 30.3 Å². The lowest BCUT2D eigenvalue weighted by Gasteiger charge is -2.20. The highest BCUT2D eigenvalue weighted by Gasteiger charge is 2.34. The van der Waals surface area contributed by atoms with Crippen LogP contribution in [0.1, 0.15) is 5.56 Å². The summed E-state index contributed by atoms with van der Waals surface area (Å²) in [4.78, 5) is 29.5. The standard InChI is InChI=1S/C22H23FN4O4S/c1-30-20(32)24-12-17-14-27(22(29)31-17)16-7-8-19(18(23)11-16)26-10-9-25(21(26)28)13-15-5-3-2-4-6-15/h2-8,11,17H,9-10,12-14H2,1H3,(H,24,32)/t17-/m0/s1. The summed E-state index contributed by atoms with van der Waals surface area (Å²) in [5, 5.41) is 3.03. The lowest BCUT2D eigenvalue weighted by molar-refractivity contribution is 0.142. The first kappa shape index (κ1) is 21.8. The van der Waals surface area contributed by atoms with Crippen LogP contribution in [-0.4, -0.2) is 61.6 Å². The van der Waals surface area contributed by atoms with Gasteiger partial charge in [-0.3, -0.25) is 9.80 Å². The molecule has 0 aromatic heterocycles. The number of amides is 3. The molecule has 2 aliphatic heterocycles. The number of methoxy groups -OCH3 is 1. The second kappa shape index (κ2) is 9.39. The number of hydrogen-bond acceptors (Lipinski definition) is 5. The maximum Gasteiger partial charge on any atom is 0.414 e. The van der Waals surface area contributed by atoms with E-state index in [-0.39, 0.29) is 30.0 Å². The van der Waals surface area contributed by atoms with Crippen molar-refractivity contribution in [2.24, 2.45) is 0 Å². The monoisotopic (exact) mass is 458 g/mol. The minimum atomic E-state index is -0.577. The largest absolute Gasteiger partial charge is 0.474 e. The van der Waals surface area contributed by atoms with E-state index in [0.29, 0.717) is 25.3 Å². The molecule has 2 aromatic carbocycles. The zero-order chi connectivity index (χ0) is 22.7. The number of nitrogens with zero attached hydrogens (tertiary/aromatic N) is 3. The molecular weight excluding hydrogens is 435 g/mol. The molecule has 168 valence electrons. The van der Waals surface area contributed by atoms with Crippen LogP contribution in [0.5, 0.6) is 0 Å². The number of halogens is 1. The molecule has 0 radical (unpaired) electrons. The van der Waals surface area contributed by atoms with Gasteiger partial charge in [0, 0.05) is 19.6 Å². The molecule has 2 heterocycles. The fourth-order valence-electron chi connectivity index (χ4n) is 3.75. The highest BCUT2D eigenvalue weighted by Crippen LogP contribution is 2.30. The Morgan fingerprint density at radius 3 is 2.69 bits per heavy atom. The van der Waals surface area contributed by atoms with E-state index in [2.05, 4.69) is 5.32 Å². The minimum Gasteiger partial charge on any atom is -0.474 e. The smallest absolute Gasteiger partial charge is 0.414 e. The summed E-state index contributed by atoms with van der Waals surface area (Å²) in [6, 6.07) is 13.8. The van der Waals surface area contributed by atoms with Crippen LogP contribution in [0.2, 0.25) is 0 Å². The topological polar surface area (TPSA) is 74.4 Å². The fourth-order valence-corrected chi connectivity index (χ4v) is 3.83. The Bertz CT molecular complexity index is 1020. The van der Waals surface area contributed by atoms with Gasteiger partial charge in [-0.05, 0) is 36.0 Å². The van der Waals surface area contributed by atoms with E-state index in [4.69, 9.17) is 21.7 Å². The Hall–Kier alpha value is -3.40. The number of cyclic esters (lactones) is 1. The Balaban J connectivity index is 1.42. The molecule has 10 heteroatoms. The summed E-state index contributed by atoms with van der Waals surface area (Å²) >= 11 is 4.91. The van der Waals surface area contributed by atoms with Crippen molar-refractivity contribution in [3.8, 4) is 0 Å². The second-order valence-electron chi connectivity index (χ2n) is 7.47. The normalized spacial score (nSPS) is 18.2. The Kier molecular flexibility index (Phi) is 6.40. The van der Waals surface area contributed by atoms with Crippen molar-refractivity contribution in [1.29, 1.82) is 0 Å². The minimum absolute atomic E-state index is 0.186. The Morgan fingerprint density at radius 1 is 1.19 bits per heavy atom. The Labute approximate surface area is 190 Å². The van der Waals surface area contributed by atoms with E-state index in [9.17, 15) is 14.0 Å². The predicted octanol–water partition coefficient (Wildman–Crippen LogP) is 3.11. The van der Waals surface area contributed by atoms with Gasteiger partial charge in [-0.25, -0.2) is 14.0 Å². The van der Waals surface area contributed by atoms with Gasteiger partial charge in [-0.15, -0.1) is 0 Å². The van der Waals surface area contributed by atoms with E-state index in [1.165, 1.54) is 29.0 Å². The van der Waals surface area contributed by atoms with Gasteiger partial charge in [-0.2, -0.15) is 0 Å². The average Bonchev–Trinajstić information content (AvgIpc) is 3.35. The van der Waals surface area contributed by atoms with Crippen LogP contribution in [0, 0.1) is 5.82 Å². The van der Waals surface area contributed by atoms with Crippen LogP contribution >= 0.6 is 12.2 Å². The van der Waals surface area contributed by atoms with Crippen LogP contribution < -0.4 is 15.1 Å².